The standard InChI is InChI=1S/C42H26N4/c1-2-11-31(12-3-1)45-37-16-8-5-13-32(37)33-22-20-29(25-40(33)45)28-19-18-27-21-23-39-41(35(27)24-28)34-14-6-9-17-38(34)46(39)42-43-26-30-10-4-7-15-36(30)44-42/h1-26H. The van der Waals surface area contributed by atoms with Gasteiger partial charge in [-0.3, -0.25) is 4.57 Å². The van der Waals surface area contributed by atoms with Gasteiger partial charge in [0.15, 0.2) is 0 Å². The van der Waals surface area contributed by atoms with Crippen molar-refractivity contribution in [3.8, 4) is 22.8 Å². The van der Waals surface area contributed by atoms with Gasteiger partial charge in [-0.1, -0.05) is 103 Å². The average Bonchev–Trinajstić information content (AvgIpc) is 3.64. The molecule has 4 nitrogen and oxygen atoms in total. The molecule has 0 aliphatic rings. The maximum Gasteiger partial charge on any atom is 0.235 e. The van der Waals surface area contributed by atoms with Crippen LogP contribution in [0.4, 0.5) is 0 Å². The van der Waals surface area contributed by atoms with Crippen LogP contribution < -0.4 is 0 Å². The van der Waals surface area contributed by atoms with Crippen LogP contribution in [0.5, 0.6) is 0 Å². The quantitative estimate of drug-likeness (QED) is 0.206. The molecule has 0 aliphatic heterocycles. The number of aromatic nitrogens is 4. The van der Waals surface area contributed by atoms with E-state index in [9.17, 15) is 0 Å². The van der Waals surface area contributed by atoms with E-state index in [4.69, 9.17) is 9.97 Å². The first-order chi connectivity index (χ1) is 22.8. The summed E-state index contributed by atoms with van der Waals surface area (Å²) in [7, 11) is 0. The molecule has 0 amide bonds. The third-order valence-corrected chi connectivity index (χ3v) is 9.35. The third kappa shape index (κ3) is 3.61. The topological polar surface area (TPSA) is 35.6 Å². The van der Waals surface area contributed by atoms with E-state index in [-0.39, 0.29) is 0 Å². The van der Waals surface area contributed by atoms with Gasteiger partial charge in [0.1, 0.15) is 0 Å². The van der Waals surface area contributed by atoms with Crippen molar-refractivity contribution in [3.63, 3.8) is 0 Å². The van der Waals surface area contributed by atoms with Gasteiger partial charge in [0.2, 0.25) is 5.95 Å². The lowest BCUT2D eigenvalue weighted by atomic mass is 9.97. The molecule has 0 N–H and O–H groups in total. The lowest BCUT2D eigenvalue weighted by Gasteiger charge is -2.10. The van der Waals surface area contributed by atoms with E-state index >= 15 is 0 Å². The molecule has 0 bridgehead atoms. The van der Waals surface area contributed by atoms with Crippen LogP contribution >= 0.6 is 0 Å². The molecule has 0 spiro atoms. The minimum absolute atomic E-state index is 0.680. The molecule has 0 fully saturated rings. The minimum Gasteiger partial charge on any atom is -0.309 e. The summed E-state index contributed by atoms with van der Waals surface area (Å²) in [5.41, 5.74) is 9.08. The van der Waals surface area contributed by atoms with Crippen molar-refractivity contribution in [2.45, 2.75) is 0 Å². The van der Waals surface area contributed by atoms with E-state index in [1.54, 1.807) is 0 Å². The Morgan fingerprint density at radius 1 is 0.413 bits per heavy atom. The predicted octanol–water partition coefficient (Wildman–Crippen LogP) is 10.6. The summed E-state index contributed by atoms with van der Waals surface area (Å²) < 4.78 is 4.58. The first-order valence-corrected chi connectivity index (χ1v) is 15.6. The Labute approximate surface area is 264 Å². The van der Waals surface area contributed by atoms with E-state index in [2.05, 4.69) is 143 Å². The molecule has 3 aromatic heterocycles. The van der Waals surface area contributed by atoms with Gasteiger partial charge in [-0.25, -0.2) is 9.97 Å². The van der Waals surface area contributed by atoms with E-state index < -0.39 is 0 Å². The summed E-state index contributed by atoms with van der Waals surface area (Å²) in [6, 6.07) is 54.2. The van der Waals surface area contributed by atoms with Crippen LogP contribution in [0.3, 0.4) is 0 Å². The van der Waals surface area contributed by atoms with Crippen molar-refractivity contribution >= 4 is 65.3 Å². The van der Waals surface area contributed by atoms with Gasteiger partial charge < -0.3 is 4.57 Å². The second-order valence-corrected chi connectivity index (χ2v) is 11.9. The van der Waals surface area contributed by atoms with Gasteiger partial charge >= 0.3 is 0 Å². The van der Waals surface area contributed by atoms with E-state index in [0.29, 0.717) is 5.95 Å². The zero-order chi connectivity index (χ0) is 30.2. The monoisotopic (exact) mass is 586 g/mol. The minimum atomic E-state index is 0.680. The summed E-state index contributed by atoms with van der Waals surface area (Å²) in [5.74, 6) is 0.680. The summed E-state index contributed by atoms with van der Waals surface area (Å²) in [6.45, 7) is 0. The lowest BCUT2D eigenvalue weighted by molar-refractivity contribution is 1.01. The maximum absolute atomic E-state index is 4.99. The second-order valence-electron chi connectivity index (χ2n) is 11.9. The number of para-hydroxylation sites is 4. The van der Waals surface area contributed by atoms with Crippen molar-refractivity contribution in [2.24, 2.45) is 0 Å². The predicted molar refractivity (Wildman–Crippen MR) is 191 cm³/mol. The molecular formula is C42H26N4. The Morgan fingerprint density at radius 3 is 1.98 bits per heavy atom. The van der Waals surface area contributed by atoms with Gasteiger partial charge in [-0.2, -0.15) is 0 Å². The van der Waals surface area contributed by atoms with Crippen LogP contribution in [-0.2, 0) is 0 Å². The summed E-state index contributed by atoms with van der Waals surface area (Å²) in [5, 5.41) is 8.38. The highest BCUT2D eigenvalue weighted by Gasteiger charge is 2.18. The molecule has 0 aliphatic carbocycles. The summed E-state index contributed by atoms with van der Waals surface area (Å²) in [6.07, 6.45) is 1.92. The Balaban J connectivity index is 1.22. The summed E-state index contributed by atoms with van der Waals surface area (Å²) >= 11 is 0. The number of hydrogen-bond acceptors (Lipinski definition) is 2. The molecule has 0 saturated carbocycles. The van der Waals surface area contributed by atoms with Gasteiger partial charge in [0.25, 0.3) is 0 Å². The van der Waals surface area contributed by atoms with Crippen molar-refractivity contribution in [3.05, 3.63) is 158 Å². The number of fused-ring (bicyclic) bond motifs is 9. The first-order valence-electron chi connectivity index (χ1n) is 15.6. The highest BCUT2D eigenvalue weighted by molar-refractivity contribution is 6.22. The summed E-state index contributed by atoms with van der Waals surface area (Å²) in [4.78, 5) is 9.82. The Hall–Kier alpha value is -6.26. The van der Waals surface area contributed by atoms with E-state index in [0.717, 1.165) is 27.6 Å². The van der Waals surface area contributed by atoms with Gasteiger partial charge in [-0.05, 0) is 70.4 Å². The maximum atomic E-state index is 4.99. The highest BCUT2D eigenvalue weighted by atomic mass is 15.2. The van der Waals surface area contributed by atoms with Crippen molar-refractivity contribution in [1.82, 2.24) is 19.1 Å². The van der Waals surface area contributed by atoms with Crippen molar-refractivity contribution in [1.29, 1.82) is 0 Å². The van der Waals surface area contributed by atoms with Crippen LogP contribution in [0.1, 0.15) is 0 Å². The largest absolute Gasteiger partial charge is 0.309 e. The molecule has 4 heteroatoms. The van der Waals surface area contributed by atoms with Gasteiger partial charge in [0.05, 0.1) is 27.6 Å². The molecular weight excluding hydrogens is 560 g/mol. The smallest absolute Gasteiger partial charge is 0.235 e. The number of hydrogen-bond donors (Lipinski definition) is 0. The van der Waals surface area contributed by atoms with Crippen LogP contribution in [0.25, 0.3) is 88.0 Å². The molecule has 0 radical (unpaired) electrons. The number of benzene rings is 7. The first kappa shape index (κ1) is 25.1. The van der Waals surface area contributed by atoms with Crippen LogP contribution in [-0.4, -0.2) is 19.1 Å². The molecule has 0 saturated heterocycles. The molecule has 3 heterocycles. The average molecular weight is 587 g/mol. The third-order valence-electron chi connectivity index (χ3n) is 9.35. The van der Waals surface area contributed by atoms with Gasteiger partial charge in [-0.15, -0.1) is 0 Å². The fraction of sp³-hybridized carbons (Fsp3) is 0. The highest BCUT2D eigenvalue weighted by Crippen LogP contribution is 2.39. The number of rotatable bonds is 3. The lowest BCUT2D eigenvalue weighted by Crippen LogP contribution is -2.00. The SMILES string of the molecule is c1ccc(-n2c3ccccc3c3ccc(-c4ccc5ccc6c(c5c4)c4ccccc4n6-c4ncc5ccccc5n4)cc32)cc1. The van der Waals surface area contributed by atoms with Crippen LogP contribution in [0.2, 0.25) is 0 Å². The van der Waals surface area contributed by atoms with Gasteiger partial charge in [0, 0.05) is 38.8 Å². The van der Waals surface area contributed by atoms with E-state index in [1.165, 1.54) is 54.5 Å². The van der Waals surface area contributed by atoms with Crippen molar-refractivity contribution in [2.75, 3.05) is 0 Å². The fourth-order valence-corrected chi connectivity index (χ4v) is 7.26. The van der Waals surface area contributed by atoms with E-state index in [1.807, 2.05) is 24.4 Å². The van der Waals surface area contributed by atoms with Crippen molar-refractivity contribution < 1.29 is 0 Å². The molecule has 10 rings (SSSR count). The normalized spacial score (nSPS) is 11.9. The Morgan fingerprint density at radius 2 is 1.09 bits per heavy atom. The zero-order valence-electron chi connectivity index (χ0n) is 24.8. The number of nitrogens with zero attached hydrogens (tertiary/aromatic N) is 4. The zero-order valence-corrected chi connectivity index (χ0v) is 24.8. The molecule has 10 aromatic rings. The molecule has 7 aromatic carbocycles. The van der Waals surface area contributed by atoms with Crippen LogP contribution in [0, 0.1) is 0 Å². The fourth-order valence-electron chi connectivity index (χ4n) is 7.26. The second kappa shape index (κ2) is 9.62. The molecule has 0 atom stereocenters. The Bertz CT molecular complexity index is 2810. The molecule has 0 unspecified atom stereocenters. The van der Waals surface area contributed by atoms with Crippen LogP contribution in [0.15, 0.2) is 158 Å². The molecule has 214 valence electrons. The Kier molecular flexibility index (Phi) is 5.25. The molecule has 46 heavy (non-hydrogen) atoms.